The summed E-state index contributed by atoms with van der Waals surface area (Å²) in [7, 11) is 1.70. The van der Waals surface area contributed by atoms with E-state index in [4.69, 9.17) is 0 Å². The second-order valence-corrected chi connectivity index (χ2v) is 9.00. The molecule has 1 aromatic carbocycles. The molecule has 0 radical (unpaired) electrons. The zero-order valence-electron chi connectivity index (χ0n) is 19.1. The number of rotatable bonds is 8. The molecule has 3 rings (SSSR count). The van der Waals surface area contributed by atoms with Gasteiger partial charge in [-0.25, -0.2) is 4.79 Å². The number of carbonyl (C=O) groups is 3. The number of carbonyl (C=O) groups excluding carboxylic acids is 2. The normalized spacial score (nSPS) is 22.2. The summed E-state index contributed by atoms with van der Waals surface area (Å²) in [6.45, 7) is 3.61. The van der Waals surface area contributed by atoms with Crippen LogP contribution in [-0.4, -0.2) is 77.5 Å². The standard InChI is InChI=1S/C24H36N4O4/c1-17(25-2)22(29)26-21(19-11-7-4-8-12-19)23(30)28-14-13-27(16-20(28)24(31)32)15-18-9-5-3-6-10-18/h3,5-6,9-10,17,19-21,25H,4,7-8,11-16H2,1-2H3,(H,26,29)(H,31,32)/t17-,20?,21-/m0/s1. The third-order valence-corrected chi connectivity index (χ3v) is 6.79. The molecule has 32 heavy (non-hydrogen) atoms. The minimum Gasteiger partial charge on any atom is -0.480 e. The fourth-order valence-electron chi connectivity index (χ4n) is 4.74. The van der Waals surface area contributed by atoms with Crippen molar-refractivity contribution in [2.24, 2.45) is 5.92 Å². The summed E-state index contributed by atoms with van der Waals surface area (Å²) in [5.74, 6) is -1.46. The quantitative estimate of drug-likeness (QED) is 0.561. The molecule has 176 valence electrons. The van der Waals surface area contributed by atoms with Gasteiger partial charge >= 0.3 is 5.97 Å². The lowest BCUT2D eigenvalue weighted by Gasteiger charge is -2.42. The zero-order valence-corrected chi connectivity index (χ0v) is 19.1. The molecular weight excluding hydrogens is 408 g/mol. The van der Waals surface area contributed by atoms with E-state index < -0.39 is 24.1 Å². The molecule has 3 atom stereocenters. The predicted molar refractivity (Wildman–Crippen MR) is 122 cm³/mol. The van der Waals surface area contributed by atoms with Gasteiger partial charge in [-0.2, -0.15) is 0 Å². The lowest BCUT2D eigenvalue weighted by molar-refractivity contribution is -0.156. The molecule has 0 aromatic heterocycles. The van der Waals surface area contributed by atoms with Crippen LogP contribution in [0.15, 0.2) is 30.3 Å². The van der Waals surface area contributed by atoms with Gasteiger partial charge in [0.2, 0.25) is 11.8 Å². The van der Waals surface area contributed by atoms with Crippen LogP contribution >= 0.6 is 0 Å². The fraction of sp³-hybridized carbons (Fsp3) is 0.625. The van der Waals surface area contributed by atoms with Crippen LogP contribution < -0.4 is 10.6 Å². The summed E-state index contributed by atoms with van der Waals surface area (Å²) < 4.78 is 0. The van der Waals surface area contributed by atoms with Gasteiger partial charge in [0.1, 0.15) is 12.1 Å². The van der Waals surface area contributed by atoms with E-state index in [1.807, 2.05) is 30.3 Å². The SMILES string of the molecule is CN[C@@H](C)C(=O)N[C@H](C(=O)N1CCN(Cc2ccccc2)CC1C(=O)O)C1CCCCC1. The maximum Gasteiger partial charge on any atom is 0.327 e. The Balaban J connectivity index is 1.74. The number of benzene rings is 1. The molecule has 8 heteroatoms. The molecular formula is C24H36N4O4. The summed E-state index contributed by atoms with van der Waals surface area (Å²) in [5, 5.41) is 15.8. The van der Waals surface area contributed by atoms with E-state index in [1.165, 1.54) is 4.90 Å². The van der Waals surface area contributed by atoms with Crippen LogP contribution in [0.4, 0.5) is 0 Å². The number of nitrogens with zero attached hydrogens (tertiary/aromatic N) is 2. The van der Waals surface area contributed by atoms with E-state index in [0.717, 1.165) is 37.7 Å². The van der Waals surface area contributed by atoms with Crippen LogP contribution in [0.25, 0.3) is 0 Å². The van der Waals surface area contributed by atoms with E-state index >= 15 is 0 Å². The summed E-state index contributed by atoms with van der Waals surface area (Å²) in [6.07, 6.45) is 4.93. The van der Waals surface area contributed by atoms with Gasteiger partial charge in [0, 0.05) is 26.2 Å². The molecule has 2 fully saturated rings. The molecule has 1 aliphatic carbocycles. The highest BCUT2D eigenvalue weighted by atomic mass is 16.4. The van der Waals surface area contributed by atoms with E-state index in [9.17, 15) is 19.5 Å². The Morgan fingerprint density at radius 3 is 2.41 bits per heavy atom. The van der Waals surface area contributed by atoms with Gasteiger partial charge in [-0.3, -0.25) is 14.5 Å². The van der Waals surface area contributed by atoms with Crippen LogP contribution in [0, 0.1) is 5.92 Å². The van der Waals surface area contributed by atoms with Crippen molar-refractivity contribution in [1.82, 2.24) is 20.4 Å². The van der Waals surface area contributed by atoms with Gasteiger partial charge in [-0.05, 0) is 38.3 Å². The molecule has 3 N–H and O–H groups in total. The first kappa shape index (κ1) is 24.2. The van der Waals surface area contributed by atoms with Crippen LogP contribution in [0.2, 0.25) is 0 Å². The number of hydrogen-bond acceptors (Lipinski definition) is 5. The Labute approximate surface area is 190 Å². The zero-order chi connectivity index (χ0) is 23.1. The molecule has 2 amide bonds. The van der Waals surface area contributed by atoms with Gasteiger partial charge in [0.05, 0.1) is 6.04 Å². The second-order valence-electron chi connectivity index (χ2n) is 9.00. The Bertz CT molecular complexity index is 781. The molecule has 8 nitrogen and oxygen atoms in total. The first-order valence-electron chi connectivity index (χ1n) is 11.7. The minimum absolute atomic E-state index is 0.0426. The van der Waals surface area contributed by atoms with Gasteiger partial charge in [-0.15, -0.1) is 0 Å². The van der Waals surface area contributed by atoms with Gasteiger partial charge < -0.3 is 20.6 Å². The first-order valence-corrected chi connectivity index (χ1v) is 11.7. The average molecular weight is 445 g/mol. The monoisotopic (exact) mass is 444 g/mol. The molecule has 0 spiro atoms. The van der Waals surface area contributed by atoms with Crippen LogP contribution in [0.3, 0.4) is 0 Å². The van der Waals surface area contributed by atoms with Crippen LogP contribution in [0.5, 0.6) is 0 Å². The Kier molecular flexibility index (Phi) is 8.64. The Hall–Kier alpha value is -2.45. The fourth-order valence-corrected chi connectivity index (χ4v) is 4.74. The molecule has 1 unspecified atom stereocenters. The highest BCUT2D eigenvalue weighted by Gasteiger charge is 2.41. The maximum absolute atomic E-state index is 13.6. The molecule has 1 saturated carbocycles. The summed E-state index contributed by atoms with van der Waals surface area (Å²) in [5.41, 5.74) is 1.12. The average Bonchev–Trinajstić information content (AvgIpc) is 2.82. The Morgan fingerprint density at radius 1 is 1.09 bits per heavy atom. The molecule has 0 bridgehead atoms. The van der Waals surface area contributed by atoms with Crippen molar-refractivity contribution in [2.75, 3.05) is 26.7 Å². The topological polar surface area (TPSA) is 102 Å². The number of carboxylic acids is 1. The van der Waals surface area contributed by atoms with Gasteiger partial charge in [0.15, 0.2) is 0 Å². The van der Waals surface area contributed by atoms with Crippen molar-refractivity contribution in [3.63, 3.8) is 0 Å². The van der Waals surface area contributed by atoms with E-state index in [1.54, 1.807) is 14.0 Å². The number of likely N-dealkylation sites (N-methyl/N-ethyl adjacent to an activating group) is 1. The largest absolute Gasteiger partial charge is 0.480 e. The minimum atomic E-state index is -1.01. The van der Waals surface area contributed by atoms with E-state index in [0.29, 0.717) is 19.6 Å². The van der Waals surface area contributed by atoms with E-state index in [2.05, 4.69) is 15.5 Å². The molecule has 1 saturated heterocycles. The van der Waals surface area contributed by atoms with Crippen molar-refractivity contribution in [3.8, 4) is 0 Å². The number of hydrogen-bond donors (Lipinski definition) is 3. The highest BCUT2D eigenvalue weighted by molar-refractivity contribution is 5.92. The van der Waals surface area contributed by atoms with E-state index in [-0.39, 0.29) is 24.3 Å². The Morgan fingerprint density at radius 2 is 1.78 bits per heavy atom. The van der Waals surface area contributed by atoms with Gasteiger partial charge in [0.25, 0.3) is 0 Å². The number of amides is 2. The van der Waals surface area contributed by atoms with Crippen molar-refractivity contribution >= 4 is 17.8 Å². The molecule has 2 aliphatic rings. The summed E-state index contributed by atoms with van der Waals surface area (Å²) in [6, 6.07) is 7.89. The molecule has 1 aliphatic heterocycles. The van der Waals surface area contributed by atoms with Crippen molar-refractivity contribution in [3.05, 3.63) is 35.9 Å². The summed E-state index contributed by atoms with van der Waals surface area (Å²) in [4.78, 5) is 41.9. The van der Waals surface area contributed by atoms with Crippen molar-refractivity contribution < 1.29 is 19.5 Å². The smallest absolute Gasteiger partial charge is 0.327 e. The van der Waals surface area contributed by atoms with Gasteiger partial charge in [-0.1, -0.05) is 49.6 Å². The highest BCUT2D eigenvalue weighted by Crippen LogP contribution is 2.28. The third kappa shape index (κ3) is 6.07. The number of piperazine rings is 1. The predicted octanol–water partition coefficient (Wildman–Crippen LogP) is 1.46. The lowest BCUT2D eigenvalue weighted by atomic mass is 9.83. The van der Waals surface area contributed by atoms with Crippen LogP contribution in [0.1, 0.15) is 44.6 Å². The molecule has 1 heterocycles. The number of aliphatic carboxylic acids is 1. The second kappa shape index (κ2) is 11.4. The van der Waals surface area contributed by atoms with Crippen LogP contribution in [-0.2, 0) is 20.9 Å². The number of carboxylic acid groups (broad SMARTS) is 1. The number of nitrogens with one attached hydrogen (secondary N) is 2. The maximum atomic E-state index is 13.6. The summed E-state index contributed by atoms with van der Waals surface area (Å²) >= 11 is 0. The molecule has 1 aromatic rings. The van der Waals surface area contributed by atoms with Crippen molar-refractivity contribution in [2.45, 2.75) is 63.7 Å². The lowest BCUT2D eigenvalue weighted by Crippen LogP contribution is -2.63. The third-order valence-electron chi connectivity index (χ3n) is 6.79. The van der Waals surface area contributed by atoms with Crippen molar-refractivity contribution in [1.29, 1.82) is 0 Å². The first-order chi connectivity index (χ1) is 15.4.